The lowest BCUT2D eigenvalue weighted by atomic mass is 10.1. The molecule has 4 N–H and O–H groups in total. The number of aromatic nitrogens is 1. The largest absolute Gasteiger partial charge is 0.443 e. The third-order valence-electron chi connectivity index (χ3n) is 5.47. The number of hydrogen-bond acceptors (Lipinski definition) is 9. The molecule has 1 heterocycles. The van der Waals surface area contributed by atoms with Crippen LogP contribution in [0.5, 0.6) is 0 Å². The van der Waals surface area contributed by atoms with Crippen LogP contribution >= 0.6 is 11.3 Å². The van der Waals surface area contributed by atoms with Gasteiger partial charge in [-0.2, -0.15) is 13.1 Å². The van der Waals surface area contributed by atoms with E-state index in [9.17, 15) is 26.4 Å². The number of ether oxygens (including phenoxy) is 1. The van der Waals surface area contributed by atoms with Crippen LogP contribution in [0, 0.1) is 0 Å². The van der Waals surface area contributed by atoms with Gasteiger partial charge >= 0.3 is 16.3 Å². The molecule has 0 spiro atoms. The Bertz CT molecular complexity index is 1540. The van der Waals surface area contributed by atoms with Crippen molar-refractivity contribution in [3.63, 3.8) is 0 Å². The third kappa shape index (κ3) is 11.9. The second kappa shape index (κ2) is 14.7. The van der Waals surface area contributed by atoms with Crippen molar-refractivity contribution in [3.05, 3.63) is 71.6 Å². The first-order valence-electron chi connectivity index (χ1n) is 13.1. The fourth-order valence-electron chi connectivity index (χ4n) is 3.69. The van der Waals surface area contributed by atoms with E-state index in [0.717, 1.165) is 5.56 Å². The molecule has 0 saturated carbocycles. The molecule has 0 saturated heterocycles. The smallest absolute Gasteiger partial charge is 0.422 e. The minimum Gasteiger partial charge on any atom is -0.443 e. The van der Waals surface area contributed by atoms with E-state index in [0.29, 0.717) is 16.4 Å². The molecule has 0 bridgehead atoms. The molecule has 0 fully saturated rings. The quantitative estimate of drug-likeness (QED) is 0.193. The summed E-state index contributed by atoms with van der Waals surface area (Å²) in [5.41, 5.74) is 1.23. The molecule has 0 aliphatic rings. The summed E-state index contributed by atoms with van der Waals surface area (Å²) in [5, 5.41) is 4.79. The highest BCUT2D eigenvalue weighted by atomic mass is 32.2. The van der Waals surface area contributed by atoms with Crippen LogP contribution in [0.3, 0.4) is 0 Å². The Morgan fingerprint density at radius 3 is 2.24 bits per heavy atom. The van der Waals surface area contributed by atoms with E-state index < -0.39 is 43.9 Å². The average Bonchev–Trinajstić information content (AvgIpc) is 3.35. The molecule has 15 heteroatoms. The number of hydrogen-bond donors (Lipinski definition) is 4. The zero-order valence-electron chi connectivity index (χ0n) is 23.5. The number of anilines is 1. The fraction of sp³-hybridized carbons (Fsp3) is 0.370. The van der Waals surface area contributed by atoms with Crippen LogP contribution < -0.4 is 19.5 Å². The van der Waals surface area contributed by atoms with E-state index in [4.69, 9.17) is 4.74 Å². The van der Waals surface area contributed by atoms with Gasteiger partial charge in [-0.1, -0.05) is 67.1 Å². The zero-order valence-corrected chi connectivity index (χ0v) is 25.9. The zero-order chi connectivity index (χ0) is 30.8. The van der Waals surface area contributed by atoms with Crippen molar-refractivity contribution < 1.29 is 31.2 Å². The summed E-state index contributed by atoms with van der Waals surface area (Å²) in [7, 11) is -8.07. The van der Waals surface area contributed by atoms with Gasteiger partial charge in [0.25, 0.3) is 0 Å². The SMILES string of the molecule is CC(C)(C)OC(=O)NS(=O)(=O)NCCCC[C@H](NS(=O)(=O)Cc1ccccc1)C(=O)Nc1nc(-c2ccccc2)cs1. The lowest BCUT2D eigenvalue weighted by Crippen LogP contribution is -2.44. The van der Waals surface area contributed by atoms with Crippen molar-refractivity contribution in [3.8, 4) is 11.3 Å². The molecule has 2 aromatic carbocycles. The van der Waals surface area contributed by atoms with E-state index in [-0.39, 0.29) is 31.6 Å². The lowest BCUT2D eigenvalue weighted by molar-refractivity contribution is -0.117. The van der Waals surface area contributed by atoms with Crippen LogP contribution in [0.15, 0.2) is 66.0 Å². The average molecular weight is 638 g/mol. The van der Waals surface area contributed by atoms with Crippen LogP contribution in [0.2, 0.25) is 0 Å². The highest BCUT2D eigenvalue weighted by Crippen LogP contribution is 2.25. The molecule has 1 aromatic heterocycles. The first-order chi connectivity index (χ1) is 19.7. The molecule has 3 rings (SSSR count). The predicted octanol–water partition coefficient (Wildman–Crippen LogP) is 3.77. The van der Waals surface area contributed by atoms with Gasteiger partial charge in [0.05, 0.1) is 11.4 Å². The molecule has 3 aromatic rings. The molecule has 228 valence electrons. The van der Waals surface area contributed by atoms with Gasteiger partial charge in [0, 0.05) is 17.5 Å². The number of nitrogens with zero attached hydrogens (tertiary/aromatic N) is 1. The van der Waals surface area contributed by atoms with Gasteiger partial charge in [-0.15, -0.1) is 11.3 Å². The number of carbonyl (C=O) groups is 2. The summed E-state index contributed by atoms with van der Waals surface area (Å²) in [6.45, 7) is 4.74. The maximum atomic E-state index is 13.2. The molecule has 12 nitrogen and oxygen atoms in total. The van der Waals surface area contributed by atoms with Crippen LogP contribution in [0.25, 0.3) is 11.3 Å². The molecule has 0 aliphatic heterocycles. The number of benzene rings is 2. The van der Waals surface area contributed by atoms with E-state index in [1.54, 1.807) is 61.2 Å². The summed E-state index contributed by atoms with van der Waals surface area (Å²) >= 11 is 1.21. The van der Waals surface area contributed by atoms with Crippen molar-refractivity contribution in [2.45, 2.75) is 57.4 Å². The van der Waals surface area contributed by atoms with Gasteiger partial charge in [0.2, 0.25) is 15.9 Å². The van der Waals surface area contributed by atoms with Gasteiger partial charge in [-0.3, -0.25) is 4.79 Å². The third-order valence-corrected chi connectivity index (χ3v) is 8.60. The summed E-state index contributed by atoms with van der Waals surface area (Å²) in [6.07, 6.45) is -0.488. The Balaban J connectivity index is 1.61. The minimum absolute atomic E-state index is 0.0594. The van der Waals surface area contributed by atoms with E-state index in [1.807, 2.05) is 30.3 Å². The molecule has 0 unspecified atom stereocenters. The molecule has 0 radical (unpaired) electrons. The predicted molar refractivity (Wildman–Crippen MR) is 162 cm³/mol. The van der Waals surface area contributed by atoms with Crippen molar-refractivity contribution in [2.75, 3.05) is 11.9 Å². The second-order valence-corrected chi connectivity index (χ2v) is 14.4. The number of thiazole rings is 1. The van der Waals surface area contributed by atoms with Crippen LogP contribution in [0.1, 0.15) is 45.6 Å². The monoisotopic (exact) mass is 637 g/mol. The van der Waals surface area contributed by atoms with Crippen LogP contribution in [-0.4, -0.2) is 52.0 Å². The minimum atomic E-state index is -4.17. The molecular weight excluding hydrogens is 603 g/mol. The van der Waals surface area contributed by atoms with Gasteiger partial charge in [-0.25, -0.2) is 27.6 Å². The van der Waals surface area contributed by atoms with Crippen LogP contribution in [-0.2, 0) is 35.5 Å². The van der Waals surface area contributed by atoms with Crippen molar-refractivity contribution in [2.24, 2.45) is 0 Å². The first kappa shape index (κ1) is 33.1. The maximum Gasteiger partial charge on any atom is 0.422 e. The number of carbonyl (C=O) groups excluding carboxylic acids is 2. The number of amides is 2. The van der Waals surface area contributed by atoms with Gasteiger partial charge < -0.3 is 10.1 Å². The maximum absolute atomic E-state index is 13.2. The molecule has 0 aliphatic carbocycles. The lowest BCUT2D eigenvalue weighted by Gasteiger charge is -2.19. The number of unbranched alkanes of at least 4 members (excludes halogenated alkanes) is 1. The van der Waals surface area contributed by atoms with Crippen molar-refractivity contribution >= 4 is 48.7 Å². The number of nitrogens with one attached hydrogen (secondary N) is 4. The number of sulfonamides is 1. The standard InChI is InChI=1S/C27H35N5O7S3/c1-27(2,3)39-26(34)32-42(37,38)28-17-11-10-16-22(31-41(35,36)19-20-12-6-4-7-13-20)24(33)30-25-29-23(18-40-25)21-14-8-5-9-15-21/h4-9,12-15,18,22,28,31H,10-11,16-17,19H2,1-3H3,(H,32,34)(H,29,30,33)/t22-/m0/s1. The topological polar surface area (TPSA) is 173 Å². The molecule has 2 amide bonds. The number of rotatable bonds is 14. The van der Waals surface area contributed by atoms with Crippen LogP contribution in [0.4, 0.5) is 9.93 Å². The fourth-order valence-corrected chi connectivity index (χ4v) is 6.53. The van der Waals surface area contributed by atoms with Gasteiger partial charge in [-0.05, 0) is 39.2 Å². The Morgan fingerprint density at radius 1 is 0.952 bits per heavy atom. The van der Waals surface area contributed by atoms with E-state index in [2.05, 4.69) is 19.7 Å². The van der Waals surface area contributed by atoms with Gasteiger partial charge in [0.1, 0.15) is 11.6 Å². The highest BCUT2D eigenvalue weighted by molar-refractivity contribution is 7.88. The van der Waals surface area contributed by atoms with Crippen molar-refractivity contribution in [1.82, 2.24) is 19.2 Å². The Kier molecular flexibility index (Phi) is 11.6. The summed E-state index contributed by atoms with van der Waals surface area (Å²) in [5.74, 6) is -0.906. The van der Waals surface area contributed by atoms with Gasteiger partial charge in [0.15, 0.2) is 5.13 Å². The Labute approximate surface area is 250 Å². The first-order valence-corrected chi connectivity index (χ1v) is 17.1. The summed E-state index contributed by atoms with van der Waals surface area (Å²) in [6, 6.07) is 16.8. The Morgan fingerprint density at radius 2 is 1.60 bits per heavy atom. The molecule has 42 heavy (non-hydrogen) atoms. The van der Waals surface area contributed by atoms with E-state index in [1.165, 1.54) is 11.3 Å². The molecular formula is C27H35N5O7S3. The molecule has 1 atom stereocenters. The Hall–Kier alpha value is -3.37. The normalized spacial score (nSPS) is 12.8. The van der Waals surface area contributed by atoms with E-state index >= 15 is 0 Å². The highest BCUT2D eigenvalue weighted by Gasteiger charge is 2.26. The van der Waals surface area contributed by atoms with Crippen molar-refractivity contribution in [1.29, 1.82) is 0 Å². The summed E-state index contributed by atoms with van der Waals surface area (Å²) in [4.78, 5) is 29.4. The summed E-state index contributed by atoms with van der Waals surface area (Å²) < 4.78 is 61.5. The second-order valence-electron chi connectivity index (χ2n) is 10.3.